The Kier molecular flexibility index (Phi) is 3.41. The number of benzene rings is 1. The van der Waals surface area contributed by atoms with Gasteiger partial charge in [0.25, 0.3) is 0 Å². The molecule has 0 aliphatic rings. The third-order valence-electron chi connectivity index (χ3n) is 2.46. The first kappa shape index (κ1) is 13.0. The summed E-state index contributed by atoms with van der Waals surface area (Å²) in [5.41, 5.74) is -0.300. The van der Waals surface area contributed by atoms with E-state index in [0.717, 1.165) is 17.1 Å². The third kappa shape index (κ3) is 2.70. The molecule has 1 aromatic heterocycles. The number of rotatable bonds is 2. The fourth-order valence-corrected chi connectivity index (χ4v) is 2.32. The van der Waals surface area contributed by atoms with Gasteiger partial charge in [-0.3, -0.25) is 0 Å². The second-order valence-corrected chi connectivity index (χ2v) is 5.07. The minimum Gasteiger partial charge on any atom is -0.383 e. The van der Waals surface area contributed by atoms with Crippen LogP contribution in [-0.4, -0.2) is 10.1 Å². The van der Waals surface area contributed by atoms with Crippen LogP contribution in [0.2, 0.25) is 0 Å². The number of aliphatic hydroxyl groups excluding tert-OH is 1. The van der Waals surface area contributed by atoms with Crippen LogP contribution in [0.1, 0.15) is 27.1 Å². The van der Waals surface area contributed by atoms with Crippen LogP contribution in [-0.2, 0) is 6.18 Å². The first-order chi connectivity index (χ1) is 8.38. The van der Waals surface area contributed by atoms with Gasteiger partial charge in [0, 0.05) is 6.20 Å². The summed E-state index contributed by atoms with van der Waals surface area (Å²) in [6.45, 7) is 1.80. The molecule has 0 amide bonds. The number of aromatic nitrogens is 1. The Bertz CT molecular complexity index is 533. The maximum absolute atomic E-state index is 12.4. The van der Waals surface area contributed by atoms with Crippen molar-refractivity contribution in [3.63, 3.8) is 0 Å². The lowest BCUT2D eigenvalue weighted by Gasteiger charge is -2.11. The molecule has 0 saturated carbocycles. The zero-order valence-electron chi connectivity index (χ0n) is 9.40. The normalized spacial score (nSPS) is 13.6. The Morgan fingerprint density at radius 3 is 2.28 bits per heavy atom. The summed E-state index contributed by atoms with van der Waals surface area (Å²) in [5.74, 6) is 0. The van der Waals surface area contributed by atoms with Crippen LogP contribution < -0.4 is 0 Å². The van der Waals surface area contributed by atoms with Gasteiger partial charge in [-0.25, -0.2) is 4.98 Å². The van der Waals surface area contributed by atoms with Crippen molar-refractivity contribution in [3.8, 4) is 0 Å². The third-order valence-corrected chi connectivity index (χ3v) is 3.43. The van der Waals surface area contributed by atoms with E-state index in [4.69, 9.17) is 0 Å². The minimum absolute atomic E-state index is 0.423. The van der Waals surface area contributed by atoms with Crippen molar-refractivity contribution in [1.29, 1.82) is 0 Å². The maximum atomic E-state index is 12.4. The molecule has 18 heavy (non-hydrogen) atoms. The number of hydrogen-bond acceptors (Lipinski definition) is 3. The largest absolute Gasteiger partial charge is 0.416 e. The van der Waals surface area contributed by atoms with E-state index in [-0.39, 0.29) is 0 Å². The molecule has 2 nitrogen and oxygen atoms in total. The number of aliphatic hydroxyl groups is 1. The highest BCUT2D eigenvalue weighted by molar-refractivity contribution is 7.11. The summed E-state index contributed by atoms with van der Waals surface area (Å²) in [6.07, 6.45) is -3.76. The molecule has 0 spiro atoms. The van der Waals surface area contributed by atoms with Crippen LogP contribution in [0.15, 0.2) is 30.5 Å². The van der Waals surface area contributed by atoms with Gasteiger partial charge in [-0.2, -0.15) is 13.2 Å². The van der Waals surface area contributed by atoms with Crippen LogP contribution in [0.4, 0.5) is 13.2 Å². The fourth-order valence-electron chi connectivity index (χ4n) is 1.52. The Hall–Kier alpha value is -1.40. The molecule has 1 N–H and O–H groups in total. The van der Waals surface area contributed by atoms with Gasteiger partial charge in [-0.1, -0.05) is 12.1 Å². The van der Waals surface area contributed by atoms with Gasteiger partial charge in [0.1, 0.15) is 6.10 Å². The monoisotopic (exact) mass is 273 g/mol. The Labute approximate surface area is 106 Å². The molecule has 0 radical (unpaired) electrons. The Morgan fingerprint density at radius 2 is 1.83 bits per heavy atom. The summed E-state index contributed by atoms with van der Waals surface area (Å²) in [5, 5.41) is 10.8. The van der Waals surface area contributed by atoms with Crippen LogP contribution in [0, 0.1) is 6.92 Å². The van der Waals surface area contributed by atoms with Crippen molar-refractivity contribution in [3.05, 3.63) is 51.5 Å². The van der Waals surface area contributed by atoms with Gasteiger partial charge < -0.3 is 5.11 Å². The second-order valence-electron chi connectivity index (χ2n) is 3.80. The highest BCUT2D eigenvalue weighted by atomic mass is 32.1. The molecule has 1 atom stereocenters. The van der Waals surface area contributed by atoms with E-state index in [9.17, 15) is 18.3 Å². The summed E-state index contributed by atoms with van der Waals surface area (Å²) in [6, 6.07) is 4.49. The van der Waals surface area contributed by atoms with Crippen LogP contribution in [0.3, 0.4) is 0 Å². The quantitative estimate of drug-likeness (QED) is 0.907. The average molecular weight is 273 g/mol. The number of hydrogen-bond donors (Lipinski definition) is 1. The standard InChI is InChI=1S/C12H10F3NOS/c1-7-16-6-10(18-7)11(17)8-2-4-9(5-3-8)12(13,14)15/h2-6,11,17H,1H3. The number of alkyl halides is 3. The van der Waals surface area contributed by atoms with Crippen LogP contribution >= 0.6 is 11.3 Å². The van der Waals surface area contributed by atoms with Gasteiger partial charge in [0.15, 0.2) is 0 Å². The van der Waals surface area contributed by atoms with Gasteiger partial charge in [0.2, 0.25) is 0 Å². The van der Waals surface area contributed by atoms with E-state index in [1.807, 2.05) is 0 Å². The summed E-state index contributed by atoms with van der Waals surface area (Å²) < 4.78 is 37.1. The average Bonchev–Trinajstić information content (AvgIpc) is 2.74. The van der Waals surface area contributed by atoms with Crippen molar-refractivity contribution in [2.75, 3.05) is 0 Å². The van der Waals surface area contributed by atoms with E-state index >= 15 is 0 Å². The number of nitrogens with zero attached hydrogens (tertiary/aromatic N) is 1. The van der Waals surface area contributed by atoms with Gasteiger partial charge in [-0.15, -0.1) is 11.3 Å². The Morgan fingerprint density at radius 1 is 1.22 bits per heavy atom. The molecule has 0 fully saturated rings. The zero-order valence-corrected chi connectivity index (χ0v) is 10.2. The highest BCUT2D eigenvalue weighted by Gasteiger charge is 2.30. The number of aryl methyl sites for hydroxylation is 1. The molecule has 0 bridgehead atoms. The highest BCUT2D eigenvalue weighted by Crippen LogP contribution is 2.31. The second kappa shape index (κ2) is 4.70. The Balaban J connectivity index is 2.24. The summed E-state index contributed by atoms with van der Waals surface area (Å²) in [7, 11) is 0. The lowest BCUT2D eigenvalue weighted by atomic mass is 10.1. The molecule has 0 aliphatic carbocycles. The molecule has 96 valence electrons. The first-order valence-corrected chi connectivity index (χ1v) is 5.97. The van der Waals surface area contributed by atoms with Gasteiger partial charge in [0.05, 0.1) is 15.4 Å². The van der Waals surface area contributed by atoms with Crippen molar-refractivity contribution in [2.24, 2.45) is 0 Å². The van der Waals surface area contributed by atoms with Crippen molar-refractivity contribution >= 4 is 11.3 Å². The topological polar surface area (TPSA) is 33.1 Å². The number of thiazole rings is 1. The molecule has 0 aliphatic heterocycles. The van der Waals surface area contributed by atoms with Gasteiger partial charge >= 0.3 is 6.18 Å². The molecule has 2 aromatic rings. The lowest BCUT2D eigenvalue weighted by molar-refractivity contribution is -0.137. The van der Waals surface area contributed by atoms with E-state index < -0.39 is 17.8 Å². The number of halogens is 3. The molecule has 1 aromatic carbocycles. The van der Waals surface area contributed by atoms with Crippen molar-refractivity contribution < 1.29 is 18.3 Å². The molecule has 6 heteroatoms. The van der Waals surface area contributed by atoms with Crippen LogP contribution in [0.25, 0.3) is 0 Å². The lowest BCUT2D eigenvalue weighted by Crippen LogP contribution is -2.05. The van der Waals surface area contributed by atoms with Gasteiger partial charge in [-0.05, 0) is 24.6 Å². The SMILES string of the molecule is Cc1ncc(C(O)c2ccc(C(F)(F)F)cc2)s1. The molecular weight excluding hydrogens is 263 g/mol. The maximum Gasteiger partial charge on any atom is 0.416 e. The predicted molar refractivity (Wildman–Crippen MR) is 62.4 cm³/mol. The molecule has 1 unspecified atom stereocenters. The predicted octanol–water partition coefficient (Wildman–Crippen LogP) is 3.55. The van der Waals surface area contributed by atoms with E-state index in [1.165, 1.54) is 29.7 Å². The fraction of sp³-hybridized carbons (Fsp3) is 0.250. The van der Waals surface area contributed by atoms with Crippen molar-refractivity contribution in [1.82, 2.24) is 4.98 Å². The van der Waals surface area contributed by atoms with E-state index in [0.29, 0.717) is 10.4 Å². The first-order valence-electron chi connectivity index (χ1n) is 5.15. The van der Waals surface area contributed by atoms with E-state index in [1.54, 1.807) is 6.92 Å². The van der Waals surface area contributed by atoms with Crippen LogP contribution in [0.5, 0.6) is 0 Å². The summed E-state index contributed by atoms with van der Waals surface area (Å²) in [4.78, 5) is 4.62. The smallest absolute Gasteiger partial charge is 0.383 e. The van der Waals surface area contributed by atoms with Crippen molar-refractivity contribution in [2.45, 2.75) is 19.2 Å². The summed E-state index contributed by atoms with van der Waals surface area (Å²) >= 11 is 1.32. The minimum atomic E-state index is -4.36. The molecule has 2 rings (SSSR count). The molecule has 1 heterocycles. The molecule has 0 saturated heterocycles. The molecular formula is C12H10F3NOS. The van der Waals surface area contributed by atoms with E-state index in [2.05, 4.69) is 4.98 Å². The zero-order chi connectivity index (χ0) is 13.3.